The lowest BCUT2D eigenvalue weighted by Crippen LogP contribution is -2.37. The summed E-state index contributed by atoms with van der Waals surface area (Å²) >= 11 is 1.25. The Labute approximate surface area is 264 Å². The average Bonchev–Trinajstić information content (AvgIpc) is 3.61. The molecule has 5 rings (SSSR count). The summed E-state index contributed by atoms with van der Waals surface area (Å²) in [7, 11) is 3.15. The molecule has 0 unspecified atom stereocenters. The van der Waals surface area contributed by atoms with Crippen molar-refractivity contribution in [3.63, 3.8) is 0 Å². The number of aromatic nitrogens is 3. The highest BCUT2D eigenvalue weighted by atomic mass is 32.1. The summed E-state index contributed by atoms with van der Waals surface area (Å²) in [5, 5.41) is 3.05. The van der Waals surface area contributed by atoms with Crippen molar-refractivity contribution in [2.75, 3.05) is 55.5 Å². The first kappa shape index (κ1) is 32.6. The first-order valence-corrected chi connectivity index (χ1v) is 15.9. The molecule has 2 aliphatic rings. The summed E-state index contributed by atoms with van der Waals surface area (Å²) in [6.45, 7) is 6.93. The van der Waals surface area contributed by atoms with E-state index in [0.29, 0.717) is 62.2 Å². The maximum absolute atomic E-state index is 14.0. The van der Waals surface area contributed by atoms with Crippen LogP contribution in [0.2, 0.25) is 0 Å². The molecule has 2 aromatic heterocycles. The van der Waals surface area contributed by atoms with Crippen LogP contribution in [0.1, 0.15) is 60.5 Å². The molecule has 0 bridgehead atoms. The second-order valence-corrected chi connectivity index (χ2v) is 12.7. The highest BCUT2D eigenvalue weighted by Gasteiger charge is 2.35. The van der Waals surface area contributed by atoms with Gasteiger partial charge in [0.2, 0.25) is 0 Å². The van der Waals surface area contributed by atoms with Crippen LogP contribution in [0.3, 0.4) is 0 Å². The second kappa shape index (κ2) is 13.7. The predicted octanol–water partition coefficient (Wildman–Crippen LogP) is 5.70. The average molecular weight is 646 g/mol. The summed E-state index contributed by atoms with van der Waals surface area (Å²) in [6.07, 6.45) is 1.76. The van der Waals surface area contributed by atoms with E-state index in [0.717, 1.165) is 30.3 Å². The number of esters is 1. The van der Waals surface area contributed by atoms with Crippen LogP contribution in [0, 0.1) is 5.92 Å². The Morgan fingerprint density at radius 2 is 1.87 bits per heavy atom. The van der Waals surface area contributed by atoms with Crippen LogP contribution in [0.5, 0.6) is 0 Å². The molecule has 14 heteroatoms. The Morgan fingerprint density at radius 3 is 2.47 bits per heavy atom. The van der Waals surface area contributed by atoms with Gasteiger partial charge in [0.15, 0.2) is 5.13 Å². The van der Waals surface area contributed by atoms with Crippen LogP contribution >= 0.6 is 11.3 Å². The van der Waals surface area contributed by atoms with Crippen LogP contribution in [0.4, 0.5) is 29.8 Å². The maximum atomic E-state index is 14.0. The minimum atomic E-state index is -4.55. The molecule has 0 aliphatic carbocycles. The van der Waals surface area contributed by atoms with Crippen LogP contribution in [0.15, 0.2) is 30.6 Å². The van der Waals surface area contributed by atoms with E-state index in [2.05, 4.69) is 32.1 Å². The van der Waals surface area contributed by atoms with Gasteiger partial charge in [0.05, 0.1) is 36.2 Å². The summed E-state index contributed by atoms with van der Waals surface area (Å²) in [6, 6.07) is 4.56. The highest BCUT2D eigenvalue weighted by molar-refractivity contribution is 7.16. The van der Waals surface area contributed by atoms with Crippen molar-refractivity contribution in [2.24, 2.45) is 5.92 Å². The standard InChI is InChI=1S/C31H38F3N7O3S/c1-5-44-29(43)20-10-13-40(14-11-20)26-17-35-23(16-36-26)28(42)38-30-37-27(25(45-30)18-41-12-6-7-19(41)2)21-8-9-24(39(3)4)22(15-21)31(32,33)34/h8-9,15-17,19-20H,5-7,10-14,18H2,1-4H3,(H,37,38,42)/t19-/m1/s1. The van der Waals surface area contributed by atoms with Gasteiger partial charge < -0.3 is 14.5 Å². The van der Waals surface area contributed by atoms with Crippen LogP contribution in [-0.4, -0.2) is 78.1 Å². The van der Waals surface area contributed by atoms with Gasteiger partial charge in [-0.05, 0) is 58.2 Å². The number of thiazole rings is 1. The zero-order chi connectivity index (χ0) is 32.3. The molecule has 2 fully saturated rings. The minimum Gasteiger partial charge on any atom is -0.466 e. The zero-order valence-electron chi connectivity index (χ0n) is 25.9. The molecule has 2 saturated heterocycles. The van der Waals surface area contributed by atoms with Crippen molar-refractivity contribution in [1.29, 1.82) is 0 Å². The Kier molecular flexibility index (Phi) is 9.92. The number of nitrogens with zero attached hydrogens (tertiary/aromatic N) is 6. The third-order valence-corrected chi connectivity index (χ3v) is 9.28. The van der Waals surface area contributed by atoms with E-state index in [1.807, 2.05) is 4.90 Å². The number of halogens is 3. The van der Waals surface area contributed by atoms with Gasteiger partial charge in [-0.1, -0.05) is 17.4 Å². The molecule has 45 heavy (non-hydrogen) atoms. The molecule has 242 valence electrons. The molecule has 1 N–H and O–H groups in total. The van der Waals surface area contributed by atoms with Gasteiger partial charge in [0.25, 0.3) is 5.91 Å². The maximum Gasteiger partial charge on any atom is 0.418 e. The van der Waals surface area contributed by atoms with E-state index >= 15 is 0 Å². The molecule has 2 aliphatic heterocycles. The monoisotopic (exact) mass is 645 g/mol. The van der Waals surface area contributed by atoms with Gasteiger partial charge in [-0.25, -0.2) is 15.0 Å². The summed E-state index contributed by atoms with van der Waals surface area (Å²) in [5.41, 5.74) is 0.154. The lowest BCUT2D eigenvalue weighted by atomic mass is 9.97. The Morgan fingerprint density at radius 1 is 1.11 bits per heavy atom. The number of ether oxygens (including phenoxy) is 1. The lowest BCUT2D eigenvalue weighted by Gasteiger charge is -2.31. The molecular formula is C31H38F3N7O3S. The first-order chi connectivity index (χ1) is 21.4. The number of nitrogens with one attached hydrogen (secondary N) is 1. The Balaban J connectivity index is 1.34. The third kappa shape index (κ3) is 7.55. The number of carbonyl (C=O) groups excluding carboxylic acids is 2. The van der Waals surface area contributed by atoms with E-state index < -0.39 is 17.6 Å². The van der Waals surface area contributed by atoms with E-state index in [4.69, 9.17) is 4.74 Å². The first-order valence-electron chi connectivity index (χ1n) is 15.1. The molecule has 0 saturated carbocycles. The third-order valence-electron chi connectivity index (χ3n) is 8.32. The number of benzene rings is 1. The van der Waals surface area contributed by atoms with Crippen molar-refractivity contribution in [3.8, 4) is 11.3 Å². The predicted molar refractivity (Wildman–Crippen MR) is 168 cm³/mol. The number of hydrogen-bond acceptors (Lipinski definition) is 10. The molecule has 4 heterocycles. The molecule has 1 atom stereocenters. The SMILES string of the molecule is CCOC(=O)C1CCN(c2cnc(C(=O)Nc3nc(-c4ccc(N(C)C)c(C(F)(F)F)c4)c(CN4CCC[C@H]4C)s3)cn2)CC1. The van der Waals surface area contributed by atoms with Crippen molar-refractivity contribution < 1.29 is 27.5 Å². The minimum absolute atomic E-state index is 0.0649. The number of carbonyl (C=O) groups is 2. The Hall–Kier alpha value is -3.78. The second-order valence-electron chi connectivity index (χ2n) is 11.6. The van der Waals surface area contributed by atoms with Crippen molar-refractivity contribution >= 4 is 39.9 Å². The van der Waals surface area contributed by atoms with Crippen LogP contribution < -0.4 is 15.1 Å². The van der Waals surface area contributed by atoms with E-state index in [1.54, 1.807) is 27.1 Å². The van der Waals surface area contributed by atoms with Crippen LogP contribution in [0.25, 0.3) is 11.3 Å². The Bertz CT molecular complexity index is 1510. The number of piperidine rings is 1. The molecule has 0 spiro atoms. The van der Waals surface area contributed by atoms with Crippen molar-refractivity contribution in [2.45, 2.75) is 58.3 Å². The van der Waals surface area contributed by atoms with Crippen molar-refractivity contribution in [3.05, 3.63) is 46.7 Å². The number of alkyl halides is 3. The fraction of sp³-hybridized carbons (Fsp3) is 0.516. The van der Waals surface area contributed by atoms with Crippen molar-refractivity contribution in [1.82, 2.24) is 19.9 Å². The molecule has 1 amide bonds. The topological polar surface area (TPSA) is 104 Å². The highest BCUT2D eigenvalue weighted by Crippen LogP contribution is 2.41. The molecule has 3 aromatic rings. The number of anilines is 3. The zero-order valence-corrected chi connectivity index (χ0v) is 26.7. The molecule has 0 radical (unpaired) electrons. The molecular weight excluding hydrogens is 607 g/mol. The van der Waals surface area contributed by atoms with E-state index in [1.165, 1.54) is 34.7 Å². The summed E-state index contributed by atoms with van der Waals surface area (Å²) < 4.78 is 47.2. The summed E-state index contributed by atoms with van der Waals surface area (Å²) in [5.74, 6) is -0.221. The summed E-state index contributed by atoms with van der Waals surface area (Å²) in [4.78, 5) is 45.1. The number of amides is 1. The lowest BCUT2D eigenvalue weighted by molar-refractivity contribution is -0.148. The van der Waals surface area contributed by atoms with Crippen LogP contribution in [-0.2, 0) is 22.3 Å². The normalized spacial score (nSPS) is 17.8. The largest absolute Gasteiger partial charge is 0.466 e. The molecule has 10 nitrogen and oxygen atoms in total. The fourth-order valence-electron chi connectivity index (χ4n) is 5.82. The van der Waals surface area contributed by atoms with Gasteiger partial charge in [-0.3, -0.25) is 19.8 Å². The number of likely N-dealkylation sites (tertiary alicyclic amines) is 1. The molecule has 1 aromatic carbocycles. The van der Waals surface area contributed by atoms with Gasteiger partial charge >= 0.3 is 12.1 Å². The smallest absolute Gasteiger partial charge is 0.418 e. The van der Waals surface area contributed by atoms with Gasteiger partial charge in [0.1, 0.15) is 11.5 Å². The van der Waals surface area contributed by atoms with E-state index in [9.17, 15) is 22.8 Å². The van der Waals surface area contributed by atoms with E-state index in [-0.39, 0.29) is 28.4 Å². The van der Waals surface area contributed by atoms with Gasteiger partial charge in [0, 0.05) is 55.9 Å². The van der Waals surface area contributed by atoms with Gasteiger partial charge in [-0.2, -0.15) is 13.2 Å². The fourth-order valence-corrected chi connectivity index (χ4v) is 6.82. The number of hydrogen-bond donors (Lipinski definition) is 1. The number of rotatable bonds is 9. The quantitative estimate of drug-likeness (QED) is 0.294. The van der Waals surface area contributed by atoms with Gasteiger partial charge in [-0.15, -0.1) is 0 Å².